The van der Waals surface area contributed by atoms with Crippen LogP contribution in [0.5, 0.6) is 0 Å². The predicted molar refractivity (Wildman–Crippen MR) is 117 cm³/mol. The highest BCUT2D eigenvalue weighted by atomic mass is 32.2. The molecule has 2 heterocycles. The number of ether oxygens (including phenoxy) is 1. The van der Waals surface area contributed by atoms with Crippen LogP contribution < -0.4 is 5.63 Å². The zero-order chi connectivity index (χ0) is 20.3. The van der Waals surface area contributed by atoms with E-state index in [0.717, 1.165) is 41.2 Å². The molecule has 0 N–H and O–H groups in total. The zero-order valence-corrected chi connectivity index (χ0v) is 18.1. The van der Waals surface area contributed by atoms with Crippen LogP contribution in [-0.4, -0.2) is 34.0 Å². The van der Waals surface area contributed by atoms with Gasteiger partial charge in [0.2, 0.25) is 0 Å². The summed E-state index contributed by atoms with van der Waals surface area (Å²) in [6, 6.07) is 5.30. The predicted octanol–water partition coefficient (Wildman–Crippen LogP) is 4.38. The van der Waals surface area contributed by atoms with Gasteiger partial charge < -0.3 is 14.1 Å². The highest BCUT2D eigenvalue weighted by Crippen LogP contribution is 2.27. The third-order valence-electron chi connectivity index (χ3n) is 4.91. The van der Waals surface area contributed by atoms with Crippen molar-refractivity contribution in [1.82, 2.24) is 4.90 Å². The number of thiocarbonyl (C=S) groups is 1. The summed E-state index contributed by atoms with van der Waals surface area (Å²) in [5.74, 6) is 0.171. The molecule has 1 aliphatic rings. The zero-order valence-electron chi connectivity index (χ0n) is 16.4. The van der Waals surface area contributed by atoms with Crippen LogP contribution in [0.1, 0.15) is 49.3 Å². The Morgan fingerprint density at radius 1 is 1.29 bits per heavy atom. The lowest BCUT2D eigenvalue weighted by Crippen LogP contribution is -2.24. The number of carbonyl (C=O) groups excluding carboxylic acids is 1. The van der Waals surface area contributed by atoms with Gasteiger partial charge in [0.25, 0.3) is 0 Å². The Kier molecular flexibility index (Phi) is 6.78. The van der Waals surface area contributed by atoms with Crippen molar-refractivity contribution < 1.29 is 13.9 Å². The smallest absolute Gasteiger partial charge is 0.336 e. The molecule has 0 aliphatic carbocycles. The van der Waals surface area contributed by atoms with E-state index >= 15 is 0 Å². The summed E-state index contributed by atoms with van der Waals surface area (Å²) < 4.78 is 11.5. The topological polar surface area (TPSA) is 59.8 Å². The van der Waals surface area contributed by atoms with Crippen molar-refractivity contribution in [3.8, 4) is 0 Å². The van der Waals surface area contributed by atoms with Gasteiger partial charge in [-0.05, 0) is 48.9 Å². The number of rotatable bonds is 5. The molecule has 1 aliphatic heterocycles. The van der Waals surface area contributed by atoms with E-state index in [-0.39, 0.29) is 18.3 Å². The number of carbonyl (C=O) groups is 1. The Hall–Kier alpha value is -1.86. The summed E-state index contributed by atoms with van der Waals surface area (Å²) in [7, 11) is 0. The lowest BCUT2D eigenvalue weighted by molar-refractivity contribution is -0.141. The number of benzene rings is 1. The highest BCUT2D eigenvalue weighted by molar-refractivity contribution is 8.23. The largest absolute Gasteiger partial charge is 0.460 e. The molecule has 0 saturated carbocycles. The Balaban J connectivity index is 1.69. The van der Waals surface area contributed by atoms with Gasteiger partial charge >= 0.3 is 11.6 Å². The standard InChI is InChI=1S/C21H25NO4S2/c1-13(2)16-10-17-15(9-19(23)26-18(17)8-14(16)3)11-25-20(24)12-28-21(27)22-6-4-5-7-22/h8-10,13H,4-7,11-12H2,1-3H3. The van der Waals surface area contributed by atoms with Gasteiger partial charge in [0, 0.05) is 30.1 Å². The highest BCUT2D eigenvalue weighted by Gasteiger charge is 2.17. The number of fused-ring (bicyclic) bond motifs is 1. The van der Waals surface area contributed by atoms with Crippen molar-refractivity contribution in [2.75, 3.05) is 18.8 Å². The van der Waals surface area contributed by atoms with Gasteiger partial charge in [-0.2, -0.15) is 0 Å². The first-order valence-electron chi connectivity index (χ1n) is 9.49. The molecule has 1 aromatic carbocycles. The minimum absolute atomic E-state index is 0.0402. The summed E-state index contributed by atoms with van der Waals surface area (Å²) in [4.78, 5) is 26.2. The summed E-state index contributed by atoms with van der Waals surface area (Å²) in [6.07, 6.45) is 2.29. The van der Waals surface area contributed by atoms with Gasteiger partial charge in [-0.3, -0.25) is 4.79 Å². The summed E-state index contributed by atoms with van der Waals surface area (Å²) >= 11 is 6.70. The van der Waals surface area contributed by atoms with E-state index in [4.69, 9.17) is 21.4 Å². The number of nitrogens with zero attached hydrogens (tertiary/aromatic N) is 1. The second-order valence-corrected chi connectivity index (χ2v) is 8.97. The Morgan fingerprint density at radius 2 is 2.00 bits per heavy atom. The fourth-order valence-electron chi connectivity index (χ4n) is 3.44. The quantitative estimate of drug-likeness (QED) is 0.405. The molecule has 150 valence electrons. The molecule has 0 spiro atoms. The SMILES string of the molecule is Cc1cc2oc(=O)cc(COC(=O)CSC(=S)N3CCCC3)c2cc1C(C)C. The number of likely N-dealkylation sites (tertiary alicyclic amines) is 1. The Bertz CT molecular complexity index is 945. The lowest BCUT2D eigenvalue weighted by atomic mass is 9.95. The van der Waals surface area contributed by atoms with E-state index < -0.39 is 5.63 Å². The average molecular weight is 420 g/mol. The first kappa shape index (κ1) is 20.9. The van der Waals surface area contributed by atoms with Crippen molar-refractivity contribution in [3.63, 3.8) is 0 Å². The van der Waals surface area contributed by atoms with Crippen LogP contribution in [-0.2, 0) is 16.1 Å². The van der Waals surface area contributed by atoms with Gasteiger partial charge in [0.15, 0.2) is 0 Å². The minimum Gasteiger partial charge on any atom is -0.460 e. The molecule has 2 aromatic rings. The van der Waals surface area contributed by atoms with Crippen molar-refractivity contribution in [1.29, 1.82) is 0 Å². The van der Waals surface area contributed by atoms with E-state index in [1.54, 1.807) is 0 Å². The van der Waals surface area contributed by atoms with Gasteiger partial charge in [-0.25, -0.2) is 4.79 Å². The van der Waals surface area contributed by atoms with E-state index in [2.05, 4.69) is 18.7 Å². The fourth-order valence-corrected chi connectivity index (χ4v) is 4.49. The van der Waals surface area contributed by atoms with E-state index in [1.807, 2.05) is 19.1 Å². The summed E-state index contributed by atoms with van der Waals surface area (Å²) in [5, 5.41) is 0.807. The molecule has 28 heavy (non-hydrogen) atoms. The molecule has 5 nitrogen and oxygen atoms in total. The van der Waals surface area contributed by atoms with Crippen molar-refractivity contribution in [2.24, 2.45) is 0 Å². The molecule has 0 bridgehead atoms. The second kappa shape index (κ2) is 9.09. The molecule has 1 aromatic heterocycles. The molecule has 0 atom stereocenters. The molecule has 0 unspecified atom stereocenters. The third kappa shape index (κ3) is 4.94. The van der Waals surface area contributed by atoms with E-state index in [1.165, 1.54) is 23.4 Å². The van der Waals surface area contributed by atoms with Crippen LogP contribution in [0.25, 0.3) is 11.0 Å². The number of esters is 1. The van der Waals surface area contributed by atoms with Gasteiger partial charge in [-0.15, -0.1) is 0 Å². The number of thioether (sulfide) groups is 1. The van der Waals surface area contributed by atoms with Crippen LogP contribution in [0.15, 0.2) is 27.4 Å². The van der Waals surface area contributed by atoms with Gasteiger partial charge in [0.1, 0.15) is 16.5 Å². The third-order valence-corrected chi connectivity index (χ3v) is 6.40. The average Bonchev–Trinajstić information content (AvgIpc) is 3.18. The van der Waals surface area contributed by atoms with Crippen LogP contribution in [0, 0.1) is 6.92 Å². The van der Waals surface area contributed by atoms with E-state index in [0.29, 0.717) is 17.1 Å². The fraction of sp³-hybridized carbons (Fsp3) is 0.476. The van der Waals surface area contributed by atoms with Crippen molar-refractivity contribution in [2.45, 2.75) is 46.1 Å². The molecular weight excluding hydrogens is 394 g/mol. The first-order chi connectivity index (χ1) is 13.3. The van der Waals surface area contributed by atoms with Crippen LogP contribution in [0.2, 0.25) is 0 Å². The van der Waals surface area contributed by atoms with Crippen LogP contribution in [0.4, 0.5) is 0 Å². The molecule has 0 radical (unpaired) electrons. The van der Waals surface area contributed by atoms with Crippen LogP contribution in [0.3, 0.4) is 0 Å². The van der Waals surface area contributed by atoms with Gasteiger partial charge in [0.05, 0.1) is 5.75 Å². The minimum atomic E-state index is -0.445. The van der Waals surface area contributed by atoms with Crippen LogP contribution >= 0.6 is 24.0 Å². The Labute approximate surface area is 174 Å². The molecule has 7 heteroatoms. The normalized spacial score (nSPS) is 14.1. The molecule has 1 saturated heterocycles. The maximum atomic E-state index is 12.2. The molecular formula is C21H25NO4S2. The van der Waals surface area contributed by atoms with E-state index in [9.17, 15) is 9.59 Å². The second-order valence-electron chi connectivity index (χ2n) is 7.36. The summed E-state index contributed by atoms with van der Waals surface area (Å²) in [5.41, 5.74) is 2.99. The maximum Gasteiger partial charge on any atom is 0.336 e. The van der Waals surface area contributed by atoms with Crippen molar-refractivity contribution >= 4 is 45.2 Å². The monoisotopic (exact) mass is 419 g/mol. The number of aryl methyl sites for hydroxylation is 1. The summed E-state index contributed by atoms with van der Waals surface area (Å²) in [6.45, 7) is 8.20. The molecule has 1 fully saturated rings. The lowest BCUT2D eigenvalue weighted by Gasteiger charge is -2.17. The first-order valence-corrected chi connectivity index (χ1v) is 10.9. The Morgan fingerprint density at radius 3 is 2.68 bits per heavy atom. The number of hydrogen-bond donors (Lipinski definition) is 0. The number of hydrogen-bond acceptors (Lipinski definition) is 6. The maximum absolute atomic E-state index is 12.2. The van der Waals surface area contributed by atoms with Gasteiger partial charge in [-0.1, -0.05) is 37.8 Å². The molecule has 3 rings (SSSR count). The van der Waals surface area contributed by atoms with Crippen molar-refractivity contribution in [3.05, 3.63) is 45.3 Å². The molecule has 0 amide bonds.